The van der Waals surface area contributed by atoms with E-state index in [4.69, 9.17) is 0 Å². The Bertz CT molecular complexity index is 324. The SMILES string of the molecule is CC(C)CC1CCN(C(=O)C2CCN(C(C)C)CC2)CC1. The summed E-state index contributed by atoms with van der Waals surface area (Å²) < 4.78 is 0. The van der Waals surface area contributed by atoms with E-state index < -0.39 is 0 Å². The summed E-state index contributed by atoms with van der Waals surface area (Å²) in [6.07, 6.45) is 5.88. The number of piperidine rings is 2. The molecule has 2 heterocycles. The van der Waals surface area contributed by atoms with Crippen molar-refractivity contribution in [3.05, 3.63) is 0 Å². The van der Waals surface area contributed by atoms with Gasteiger partial charge in [0.1, 0.15) is 0 Å². The number of likely N-dealkylation sites (tertiary alicyclic amines) is 2. The van der Waals surface area contributed by atoms with Crippen molar-refractivity contribution in [1.82, 2.24) is 9.80 Å². The van der Waals surface area contributed by atoms with E-state index in [0.717, 1.165) is 50.9 Å². The molecule has 0 saturated carbocycles. The molecule has 1 amide bonds. The van der Waals surface area contributed by atoms with Crippen LogP contribution in [0.5, 0.6) is 0 Å². The number of nitrogens with zero attached hydrogens (tertiary/aromatic N) is 2. The van der Waals surface area contributed by atoms with Gasteiger partial charge < -0.3 is 9.80 Å². The molecule has 0 aromatic rings. The first kappa shape index (κ1) is 16.8. The zero-order chi connectivity index (χ0) is 15.4. The largest absolute Gasteiger partial charge is 0.342 e. The lowest BCUT2D eigenvalue weighted by Crippen LogP contribution is -2.46. The van der Waals surface area contributed by atoms with Gasteiger partial charge in [0.15, 0.2) is 0 Å². The fourth-order valence-corrected chi connectivity index (χ4v) is 3.98. The topological polar surface area (TPSA) is 23.6 Å². The first-order chi connectivity index (χ1) is 9.97. The quantitative estimate of drug-likeness (QED) is 0.793. The van der Waals surface area contributed by atoms with E-state index >= 15 is 0 Å². The summed E-state index contributed by atoms with van der Waals surface area (Å²) >= 11 is 0. The zero-order valence-corrected chi connectivity index (χ0v) is 14.5. The predicted molar refractivity (Wildman–Crippen MR) is 88.2 cm³/mol. The van der Waals surface area contributed by atoms with Gasteiger partial charge in [0, 0.05) is 25.0 Å². The molecular formula is C18H34N2O. The Labute approximate surface area is 131 Å². The molecule has 0 unspecified atom stereocenters. The van der Waals surface area contributed by atoms with Crippen LogP contribution in [0.3, 0.4) is 0 Å². The van der Waals surface area contributed by atoms with Crippen LogP contribution in [0.25, 0.3) is 0 Å². The molecule has 0 radical (unpaired) electrons. The number of hydrogen-bond donors (Lipinski definition) is 0. The summed E-state index contributed by atoms with van der Waals surface area (Å²) in [5, 5.41) is 0. The van der Waals surface area contributed by atoms with Gasteiger partial charge >= 0.3 is 0 Å². The predicted octanol–water partition coefficient (Wildman–Crippen LogP) is 3.39. The van der Waals surface area contributed by atoms with Crippen molar-refractivity contribution in [3.63, 3.8) is 0 Å². The zero-order valence-electron chi connectivity index (χ0n) is 14.5. The molecule has 2 rings (SSSR count). The molecule has 0 aliphatic carbocycles. The van der Waals surface area contributed by atoms with Gasteiger partial charge in [0.05, 0.1) is 0 Å². The third-order valence-corrected chi connectivity index (χ3v) is 5.34. The lowest BCUT2D eigenvalue weighted by molar-refractivity contribution is -0.138. The highest BCUT2D eigenvalue weighted by Gasteiger charge is 2.31. The molecule has 3 nitrogen and oxygen atoms in total. The minimum Gasteiger partial charge on any atom is -0.342 e. The van der Waals surface area contributed by atoms with Crippen molar-refractivity contribution >= 4 is 5.91 Å². The average Bonchev–Trinajstić information content (AvgIpc) is 2.47. The third-order valence-electron chi connectivity index (χ3n) is 5.34. The van der Waals surface area contributed by atoms with Gasteiger partial charge in [-0.3, -0.25) is 4.79 Å². The second-order valence-electron chi connectivity index (χ2n) is 7.80. The van der Waals surface area contributed by atoms with Crippen molar-refractivity contribution in [2.45, 2.75) is 65.8 Å². The summed E-state index contributed by atoms with van der Waals surface area (Å²) in [5.41, 5.74) is 0. The molecule has 3 heteroatoms. The minimum absolute atomic E-state index is 0.293. The molecule has 0 bridgehead atoms. The molecule has 2 aliphatic heterocycles. The molecule has 21 heavy (non-hydrogen) atoms. The molecule has 0 N–H and O–H groups in total. The normalized spacial score (nSPS) is 23.2. The maximum atomic E-state index is 12.7. The number of amides is 1. The second kappa shape index (κ2) is 7.62. The molecule has 0 aromatic heterocycles. The van der Waals surface area contributed by atoms with Crippen LogP contribution in [-0.4, -0.2) is 47.9 Å². The van der Waals surface area contributed by atoms with Crippen LogP contribution in [0.1, 0.15) is 59.8 Å². The van der Waals surface area contributed by atoms with Crippen molar-refractivity contribution < 1.29 is 4.79 Å². The van der Waals surface area contributed by atoms with Crippen LogP contribution in [0.15, 0.2) is 0 Å². The Kier molecular flexibility index (Phi) is 6.09. The maximum Gasteiger partial charge on any atom is 0.225 e. The summed E-state index contributed by atoms with van der Waals surface area (Å²) in [4.78, 5) is 17.3. The minimum atomic E-state index is 0.293. The average molecular weight is 294 g/mol. The van der Waals surface area contributed by atoms with E-state index in [-0.39, 0.29) is 0 Å². The number of carbonyl (C=O) groups excluding carboxylic acids is 1. The molecule has 0 aromatic carbocycles. The lowest BCUT2D eigenvalue weighted by atomic mass is 9.87. The molecule has 0 atom stereocenters. The van der Waals surface area contributed by atoms with Gasteiger partial charge in [-0.25, -0.2) is 0 Å². The number of carbonyl (C=O) groups is 1. The summed E-state index contributed by atoms with van der Waals surface area (Å²) in [6.45, 7) is 13.3. The Morgan fingerprint density at radius 1 is 0.952 bits per heavy atom. The van der Waals surface area contributed by atoms with Crippen LogP contribution in [0.4, 0.5) is 0 Å². The smallest absolute Gasteiger partial charge is 0.225 e. The highest BCUT2D eigenvalue weighted by Crippen LogP contribution is 2.27. The van der Waals surface area contributed by atoms with Crippen LogP contribution >= 0.6 is 0 Å². The molecular weight excluding hydrogens is 260 g/mol. The van der Waals surface area contributed by atoms with Gasteiger partial charge in [0.2, 0.25) is 5.91 Å². The third kappa shape index (κ3) is 4.70. The fraction of sp³-hybridized carbons (Fsp3) is 0.944. The van der Waals surface area contributed by atoms with E-state index in [1.807, 2.05) is 0 Å². The first-order valence-corrected chi connectivity index (χ1v) is 9.00. The highest BCUT2D eigenvalue weighted by atomic mass is 16.2. The summed E-state index contributed by atoms with van der Waals surface area (Å²) in [5.74, 6) is 2.37. The van der Waals surface area contributed by atoms with Crippen molar-refractivity contribution in [1.29, 1.82) is 0 Å². The van der Waals surface area contributed by atoms with Crippen molar-refractivity contribution in [2.24, 2.45) is 17.8 Å². The number of hydrogen-bond acceptors (Lipinski definition) is 2. The molecule has 2 aliphatic rings. The van der Waals surface area contributed by atoms with Gasteiger partial charge in [-0.2, -0.15) is 0 Å². The molecule has 0 spiro atoms. The maximum absolute atomic E-state index is 12.7. The highest BCUT2D eigenvalue weighted by molar-refractivity contribution is 5.79. The molecule has 122 valence electrons. The van der Waals surface area contributed by atoms with E-state index in [0.29, 0.717) is 17.9 Å². The standard InChI is InChI=1S/C18H34N2O/c1-14(2)13-16-5-9-20(10-6-16)18(21)17-7-11-19(12-8-17)15(3)4/h14-17H,5-13H2,1-4H3. The van der Waals surface area contributed by atoms with Crippen molar-refractivity contribution in [3.8, 4) is 0 Å². The fourth-order valence-electron chi connectivity index (χ4n) is 3.98. The summed E-state index contributed by atoms with van der Waals surface area (Å²) in [7, 11) is 0. The Morgan fingerprint density at radius 3 is 2.00 bits per heavy atom. The van der Waals surface area contributed by atoms with Crippen LogP contribution in [-0.2, 0) is 4.79 Å². The van der Waals surface area contributed by atoms with Gasteiger partial charge in [-0.1, -0.05) is 13.8 Å². The Morgan fingerprint density at radius 2 is 1.52 bits per heavy atom. The Balaban J connectivity index is 1.75. The van der Waals surface area contributed by atoms with Gasteiger partial charge in [0.25, 0.3) is 0 Å². The van der Waals surface area contributed by atoms with Crippen LogP contribution in [0, 0.1) is 17.8 Å². The van der Waals surface area contributed by atoms with Gasteiger partial charge in [-0.05, 0) is 70.9 Å². The van der Waals surface area contributed by atoms with E-state index in [9.17, 15) is 4.79 Å². The molecule has 2 saturated heterocycles. The van der Waals surface area contributed by atoms with Crippen LogP contribution < -0.4 is 0 Å². The summed E-state index contributed by atoms with van der Waals surface area (Å²) in [6, 6.07) is 0.618. The van der Waals surface area contributed by atoms with E-state index in [2.05, 4.69) is 37.5 Å². The van der Waals surface area contributed by atoms with Gasteiger partial charge in [-0.15, -0.1) is 0 Å². The lowest BCUT2D eigenvalue weighted by Gasteiger charge is -2.38. The molecule has 2 fully saturated rings. The second-order valence-corrected chi connectivity index (χ2v) is 7.80. The number of rotatable bonds is 4. The van der Waals surface area contributed by atoms with Crippen molar-refractivity contribution in [2.75, 3.05) is 26.2 Å². The Hall–Kier alpha value is -0.570. The first-order valence-electron chi connectivity index (χ1n) is 9.00. The van der Waals surface area contributed by atoms with E-state index in [1.165, 1.54) is 19.3 Å². The van der Waals surface area contributed by atoms with E-state index in [1.54, 1.807) is 0 Å². The monoisotopic (exact) mass is 294 g/mol. The van der Waals surface area contributed by atoms with Crippen LogP contribution in [0.2, 0.25) is 0 Å².